The molecule has 0 atom stereocenters. The van der Waals surface area contributed by atoms with Crippen LogP contribution in [0.2, 0.25) is 0 Å². The monoisotopic (exact) mass is 417 g/mol. The van der Waals surface area contributed by atoms with E-state index in [1.165, 1.54) is 0 Å². The van der Waals surface area contributed by atoms with Crippen molar-refractivity contribution in [2.75, 3.05) is 18.5 Å². The summed E-state index contributed by atoms with van der Waals surface area (Å²) in [6.45, 7) is 1.04. The molecule has 0 saturated carbocycles. The fourth-order valence-electron chi connectivity index (χ4n) is 3.33. The van der Waals surface area contributed by atoms with Crippen molar-refractivity contribution in [3.05, 3.63) is 77.9 Å². The van der Waals surface area contributed by atoms with Crippen LogP contribution in [0.25, 0.3) is 11.0 Å². The molecule has 0 bridgehead atoms. The Kier molecular flexibility index (Phi) is 5.03. The van der Waals surface area contributed by atoms with Crippen LogP contribution < -0.4 is 14.8 Å². The summed E-state index contributed by atoms with van der Waals surface area (Å²) in [5.41, 5.74) is 4.19. The zero-order valence-corrected chi connectivity index (χ0v) is 16.9. The number of anilines is 1. The van der Waals surface area contributed by atoms with Crippen LogP contribution in [0.3, 0.4) is 0 Å². The van der Waals surface area contributed by atoms with Crippen LogP contribution in [-0.4, -0.2) is 29.1 Å². The summed E-state index contributed by atoms with van der Waals surface area (Å²) in [5, 5.41) is 3.79. The van der Waals surface area contributed by atoms with Gasteiger partial charge in [0.1, 0.15) is 13.2 Å². The number of nitrogens with zero attached hydrogens (tertiary/aromatic N) is 1. The van der Waals surface area contributed by atoms with Gasteiger partial charge in [0.15, 0.2) is 16.7 Å². The largest absolute Gasteiger partial charge is 0.486 e. The smallest absolute Gasteiger partial charge is 0.255 e. The minimum atomic E-state index is -0.160. The second-order valence-corrected chi connectivity index (χ2v) is 7.78. The third-order valence-electron chi connectivity index (χ3n) is 4.79. The van der Waals surface area contributed by atoms with Gasteiger partial charge in [-0.3, -0.25) is 4.79 Å². The third-order valence-corrected chi connectivity index (χ3v) is 5.72. The Labute approximate surface area is 177 Å². The van der Waals surface area contributed by atoms with Gasteiger partial charge in [0, 0.05) is 23.1 Å². The van der Waals surface area contributed by atoms with E-state index in [4.69, 9.17) is 9.47 Å². The molecule has 0 spiro atoms. The number of para-hydroxylation sites is 2. The van der Waals surface area contributed by atoms with Crippen LogP contribution in [0.4, 0.5) is 5.69 Å². The van der Waals surface area contributed by atoms with Gasteiger partial charge in [-0.25, -0.2) is 4.98 Å². The van der Waals surface area contributed by atoms with Crippen LogP contribution in [0.1, 0.15) is 15.9 Å². The predicted molar refractivity (Wildman–Crippen MR) is 117 cm³/mol. The molecular formula is C23H19N3O3S. The molecule has 6 nitrogen and oxygen atoms in total. The highest BCUT2D eigenvalue weighted by Gasteiger charge is 2.15. The van der Waals surface area contributed by atoms with Crippen molar-refractivity contribution >= 4 is 34.4 Å². The zero-order chi connectivity index (χ0) is 20.3. The molecule has 0 aliphatic carbocycles. The number of ether oxygens (including phenoxy) is 2. The minimum absolute atomic E-state index is 0.160. The maximum atomic E-state index is 12.9. The maximum Gasteiger partial charge on any atom is 0.255 e. The topological polar surface area (TPSA) is 76.2 Å². The molecule has 2 heterocycles. The van der Waals surface area contributed by atoms with E-state index in [9.17, 15) is 4.79 Å². The number of benzene rings is 3. The number of nitrogens with one attached hydrogen (secondary N) is 2. The lowest BCUT2D eigenvalue weighted by Crippen LogP contribution is -2.17. The van der Waals surface area contributed by atoms with Gasteiger partial charge in [0.25, 0.3) is 5.91 Å². The number of carbonyl (C=O) groups excluding carboxylic acids is 1. The maximum absolute atomic E-state index is 12.9. The van der Waals surface area contributed by atoms with E-state index in [1.807, 2.05) is 60.7 Å². The van der Waals surface area contributed by atoms with Crippen molar-refractivity contribution in [1.29, 1.82) is 0 Å². The first-order chi connectivity index (χ1) is 14.8. The zero-order valence-electron chi connectivity index (χ0n) is 16.1. The summed E-state index contributed by atoms with van der Waals surface area (Å²) in [6.07, 6.45) is 0. The van der Waals surface area contributed by atoms with Crippen molar-refractivity contribution < 1.29 is 14.3 Å². The first-order valence-corrected chi connectivity index (χ1v) is 10.6. The van der Waals surface area contributed by atoms with Crippen molar-refractivity contribution in [1.82, 2.24) is 9.97 Å². The van der Waals surface area contributed by atoms with Gasteiger partial charge in [-0.2, -0.15) is 0 Å². The lowest BCUT2D eigenvalue weighted by atomic mass is 10.1. The molecule has 1 aromatic heterocycles. The van der Waals surface area contributed by atoms with Crippen LogP contribution in [0.5, 0.6) is 11.5 Å². The normalized spacial score (nSPS) is 12.7. The van der Waals surface area contributed by atoms with Crippen LogP contribution >= 0.6 is 11.8 Å². The summed E-state index contributed by atoms with van der Waals surface area (Å²) < 4.78 is 11.1. The number of fused-ring (bicyclic) bond motifs is 2. The molecule has 150 valence electrons. The quantitative estimate of drug-likeness (QED) is 0.453. The molecule has 3 aromatic carbocycles. The Morgan fingerprint density at radius 2 is 1.80 bits per heavy atom. The van der Waals surface area contributed by atoms with E-state index < -0.39 is 0 Å². The number of aromatic nitrogens is 2. The predicted octanol–water partition coefficient (Wildman–Crippen LogP) is 4.88. The van der Waals surface area contributed by atoms with Crippen LogP contribution in [-0.2, 0) is 5.75 Å². The Balaban J connectivity index is 1.32. The van der Waals surface area contributed by atoms with E-state index in [2.05, 4.69) is 15.3 Å². The average molecular weight is 417 g/mol. The molecule has 0 unspecified atom stereocenters. The number of imidazole rings is 1. The molecule has 1 aliphatic rings. The number of H-pyrrole nitrogens is 1. The van der Waals surface area contributed by atoms with Gasteiger partial charge >= 0.3 is 0 Å². The second kappa shape index (κ2) is 8.12. The molecule has 0 fully saturated rings. The fraction of sp³-hybridized carbons (Fsp3) is 0.130. The van der Waals surface area contributed by atoms with E-state index >= 15 is 0 Å². The SMILES string of the molecule is O=C(Nc1ccc2c(c1)OCCO2)c1ccccc1CSc1nc2ccccc2[nH]1. The highest BCUT2D eigenvalue weighted by atomic mass is 32.2. The van der Waals surface area contributed by atoms with E-state index in [-0.39, 0.29) is 5.91 Å². The summed E-state index contributed by atoms with van der Waals surface area (Å²) in [4.78, 5) is 20.8. The molecule has 2 N–H and O–H groups in total. The first kappa shape index (κ1) is 18.6. The van der Waals surface area contributed by atoms with E-state index in [1.54, 1.807) is 17.8 Å². The first-order valence-electron chi connectivity index (χ1n) is 9.63. The van der Waals surface area contributed by atoms with E-state index in [0.717, 1.165) is 21.8 Å². The van der Waals surface area contributed by atoms with Crippen molar-refractivity contribution in [3.63, 3.8) is 0 Å². The number of carbonyl (C=O) groups is 1. The molecule has 0 saturated heterocycles. The van der Waals surface area contributed by atoms with Crippen molar-refractivity contribution in [2.45, 2.75) is 10.9 Å². The summed E-state index contributed by atoms with van der Waals surface area (Å²) in [5.74, 6) is 1.81. The molecule has 4 aromatic rings. The van der Waals surface area contributed by atoms with Gasteiger partial charge in [-0.15, -0.1) is 0 Å². The Morgan fingerprint density at radius 1 is 1.00 bits per heavy atom. The van der Waals surface area contributed by atoms with Gasteiger partial charge < -0.3 is 19.8 Å². The van der Waals surface area contributed by atoms with E-state index in [0.29, 0.717) is 41.7 Å². The molecule has 30 heavy (non-hydrogen) atoms. The Bertz CT molecular complexity index is 1190. The number of rotatable bonds is 5. The second-order valence-electron chi connectivity index (χ2n) is 6.82. The lowest BCUT2D eigenvalue weighted by molar-refractivity contribution is 0.102. The molecule has 0 radical (unpaired) electrons. The number of thioether (sulfide) groups is 1. The molecule has 5 rings (SSSR count). The van der Waals surface area contributed by atoms with Gasteiger partial charge in [-0.05, 0) is 35.9 Å². The number of hydrogen-bond donors (Lipinski definition) is 2. The highest BCUT2D eigenvalue weighted by Crippen LogP contribution is 2.33. The summed E-state index contributed by atoms with van der Waals surface area (Å²) in [6, 6.07) is 21.0. The Hall–Kier alpha value is -3.45. The van der Waals surface area contributed by atoms with Gasteiger partial charge in [0.05, 0.1) is 11.0 Å². The molecular weight excluding hydrogens is 398 g/mol. The van der Waals surface area contributed by atoms with Crippen molar-refractivity contribution in [2.24, 2.45) is 0 Å². The number of hydrogen-bond acceptors (Lipinski definition) is 5. The number of aromatic amines is 1. The summed E-state index contributed by atoms with van der Waals surface area (Å²) >= 11 is 1.57. The minimum Gasteiger partial charge on any atom is -0.486 e. The molecule has 1 aliphatic heterocycles. The van der Waals surface area contributed by atoms with Crippen molar-refractivity contribution in [3.8, 4) is 11.5 Å². The molecule has 1 amide bonds. The lowest BCUT2D eigenvalue weighted by Gasteiger charge is -2.19. The third kappa shape index (κ3) is 3.84. The van der Waals surface area contributed by atoms with Gasteiger partial charge in [-0.1, -0.05) is 42.1 Å². The Morgan fingerprint density at radius 3 is 2.70 bits per heavy atom. The standard InChI is InChI=1S/C23H19N3O3S/c27-22(24-16-9-10-20-21(13-16)29-12-11-28-20)17-6-2-1-5-15(17)14-30-23-25-18-7-3-4-8-19(18)26-23/h1-10,13H,11-12,14H2,(H,24,27)(H,25,26). The average Bonchev–Trinajstić information content (AvgIpc) is 3.21. The number of amides is 1. The van der Waals surface area contributed by atoms with Gasteiger partial charge in [0.2, 0.25) is 0 Å². The highest BCUT2D eigenvalue weighted by molar-refractivity contribution is 7.98. The van der Waals surface area contributed by atoms with Crippen LogP contribution in [0.15, 0.2) is 71.9 Å². The molecule has 7 heteroatoms. The summed E-state index contributed by atoms with van der Waals surface area (Å²) in [7, 11) is 0. The fourth-order valence-corrected chi connectivity index (χ4v) is 4.22. The van der Waals surface area contributed by atoms with Crippen LogP contribution in [0, 0.1) is 0 Å².